The quantitative estimate of drug-likeness (QED) is 0.655. The maximum atomic E-state index is 11.9. The highest BCUT2D eigenvalue weighted by Crippen LogP contribution is 2.45. The zero-order valence-electron chi connectivity index (χ0n) is 11.8. The van der Waals surface area contributed by atoms with E-state index < -0.39 is 0 Å². The molecule has 3 rings (SSSR count). The first-order valence-electron chi connectivity index (χ1n) is 7.57. The van der Waals surface area contributed by atoms with Crippen LogP contribution in [0.5, 0.6) is 0 Å². The number of carbonyl (C=O) groups excluding carboxylic acids is 1. The van der Waals surface area contributed by atoms with Gasteiger partial charge < -0.3 is 4.90 Å². The molecule has 0 radical (unpaired) electrons. The summed E-state index contributed by atoms with van der Waals surface area (Å²) in [5.74, 6) is 3.03. The molecule has 2 heteroatoms. The van der Waals surface area contributed by atoms with E-state index in [4.69, 9.17) is 0 Å². The van der Waals surface area contributed by atoms with Crippen LogP contribution in [0.25, 0.3) is 0 Å². The Morgan fingerprint density at radius 2 is 1.89 bits per heavy atom. The van der Waals surface area contributed by atoms with Crippen LogP contribution in [0.1, 0.15) is 46.5 Å². The van der Waals surface area contributed by atoms with Crippen LogP contribution in [0.4, 0.5) is 0 Å². The van der Waals surface area contributed by atoms with E-state index in [1.54, 1.807) is 0 Å². The number of ketones is 1. The van der Waals surface area contributed by atoms with Crippen LogP contribution in [0.3, 0.4) is 0 Å². The smallest absolute Gasteiger partial charge is 0.161 e. The molecule has 2 heterocycles. The van der Waals surface area contributed by atoms with Crippen LogP contribution in [-0.4, -0.2) is 22.8 Å². The van der Waals surface area contributed by atoms with Crippen molar-refractivity contribution in [2.45, 2.75) is 58.5 Å². The number of hydrogen-bond acceptors (Lipinski definition) is 2. The minimum Gasteiger partial charge on any atom is -0.370 e. The van der Waals surface area contributed by atoms with E-state index in [0.717, 1.165) is 17.8 Å². The first kappa shape index (κ1) is 12.3. The van der Waals surface area contributed by atoms with Crippen LogP contribution >= 0.6 is 0 Å². The molecule has 0 N–H and O–H groups in total. The number of allylic oxidation sites excluding steroid dienone is 1. The largest absolute Gasteiger partial charge is 0.370 e. The minimum atomic E-state index is 0.192. The van der Waals surface area contributed by atoms with Crippen LogP contribution in [0.2, 0.25) is 0 Å². The number of piperidine rings is 1. The molecule has 0 aromatic carbocycles. The van der Waals surface area contributed by atoms with E-state index in [1.165, 1.54) is 25.7 Å². The molecule has 6 unspecified atom stereocenters. The fourth-order valence-corrected chi connectivity index (χ4v) is 4.50. The Balaban J connectivity index is 1.88. The molecule has 0 bridgehead atoms. The zero-order chi connectivity index (χ0) is 12.9. The van der Waals surface area contributed by atoms with Crippen molar-refractivity contribution in [2.24, 2.45) is 23.7 Å². The van der Waals surface area contributed by atoms with E-state index in [-0.39, 0.29) is 5.92 Å². The third kappa shape index (κ3) is 1.81. The van der Waals surface area contributed by atoms with Gasteiger partial charge in [-0.05, 0) is 49.5 Å². The van der Waals surface area contributed by atoms with E-state index >= 15 is 0 Å². The second-order valence-electron chi connectivity index (χ2n) is 6.88. The second kappa shape index (κ2) is 4.40. The number of fused-ring (bicyclic) bond motifs is 3. The minimum absolute atomic E-state index is 0.192. The van der Waals surface area contributed by atoms with E-state index in [2.05, 4.69) is 31.9 Å². The van der Waals surface area contributed by atoms with Crippen LogP contribution in [0, 0.1) is 23.7 Å². The fraction of sp³-hybridized carbons (Fsp3) is 0.812. The van der Waals surface area contributed by atoms with Crippen molar-refractivity contribution >= 4 is 5.78 Å². The predicted octanol–water partition coefficient (Wildman–Crippen LogP) is 3.23. The molecule has 0 aromatic rings. The van der Waals surface area contributed by atoms with Crippen molar-refractivity contribution in [1.82, 2.24) is 4.90 Å². The molecule has 1 saturated carbocycles. The van der Waals surface area contributed by atoms with Crippen molar-refractivity contribution in [3.63, 3.8) is 0 Å². The van der Waals surface area contributed by atoms with Crippen molar-refractivity contribution < 1.29 is 4.79 Å². The van der Waals surface area contributed by atoms with Gasteiger partial charge in [0, 0.05) is 24.2 Å². The molecule has 100 valence electrons. The molecule has 2 aliphatic heterocycles. The van der Waals surface area contributed by atoms with Crippen LogP contribution in [-0.2, 0) is 4.79 Å². The highest BCUT2D eigenvalue weighted by molar-refractivity contribution is 5.92. The molecule has 2 fully saturated rings. The Hall–Kier alpha value is -0.790. The molecule has 0 aromatic heterocycles. The van der Waals surface area contributed by atoms with Gasteiger partial charge in [-0.3, -0.25) is 4.79 Å². The Labute approximate surface area is 110 Å². The summed E-state index contributed by atoms with van der Waals surface area (Å²) in [6.07, 6.45) is 9.17. The van der Waals surface area contributed by atoms with Gasteiger partial charge in [-0.2, -0.15) is 0 Å². The molecule has 1 saturated heterocycles. The van der Waals surface area contributed by atoms with Gasteiger partial charge in [0.25, 0.3) is 0 Å². The van der Waals surface area contributed by atoms with Crippen molar-refractivity contribution in [1.29, 1.82) is 0 Å². The summed E-state index contributed by atoms with van der Waals surface area (Å²) < 4.78 is 0. The van der Waals surface area contributed by atoms with Crippen LogP contribution < -0.4 is 0 Å². The monoisotopic (exact) mass is 247 g/mol. The fourth-order valence-electron chi connectivity index (χ4n) is 4.50. The first-order valence-corrected chi connectivity index (χ1v) is 7.57. The molecule has 1 aliphatic carbocycles. The lowest BCUT2D eigenvalue weighted by molar-refractivity contribution is -0.123. The maximum Gasteiger partial charge on any atom is 0.161 e. The number of carbonyl (C=O) groups is 1. The summed E-state index contributed by atoms with van der Waals surface area (Å²) in [5.41, 5.74) is 0. The average Bonchev–Trinajstić information content (AvgIpc) is 2.35. The lowest BCUT2D eigenvalue weighted by atomic mass is 9.66. The standard InChI is InChI=1S/C16H25NO/c1-10-4-5-14-13(8-10)11(2)9-15-12(3)16(18)6-7-17(14)15/h6-7,10-15H,4-5,8-9H2,1-3H3. The van der Waals surface area contributed by atoms with Gasteiger partial charge in [0.1, 0.15) is 0 Å². The van der Waals surface area contributed by atoms with Gasteiger partial charge in [-0.1, -0.05) is 20.8 Å². The number of rotatable bonds is 0. The average molecular weight is 247 g/mol. The number of nitrogens with zero attached hydrogens (tertiary/aromatic N) is 1. The summed E-state index contributed by atoms with van der Waals surface area (Å²) in [6.45, 7) is 6.91. The highest BCUT2D eigenvalue weighted by Gasteiger charge is 2.45. The first-order chi connectivity index (χ1) is 8.58. The van der Waals surface area contributed by atoms with Gasteiger partial charge in [-0.15, -0.1) is 0 Å². The van der Waals surface area contributed by atoms with Gasteiger partial charge in [0.15, 0.2) is 5.78 Å². The SMILES string of the molecule is CC1CCC2C(C1)C(C)CC1C(C)C(=O)C=CN12. The van der Waals surface area contributed by atoms with E-state index in [0.29, 0.717) is 17.9 Å². The molecule has 3 aliphatic rings. The number of hydrogen-bond donors (Lipinski definition) is 0. The second-order valence-corrected chi connectivity index (χ2v) is 6.88. The Morgan fingerprint density at radius 1 is 1.11 bits per heavy atom. The van der Waals surface area contributed by atoms with Crippen LogP contribution in [0.15, 0.2) is 12.3 Å². The highest BCUT2D eigenvalue weighted by atomic mass is 16.1. The Morgan fingerprint density at radius 3 is 2.67 bits per heavy atom. The molecular weight excluding hydrogens is 222 g/mol. The topological polar surface area (TPSA) is 20.3 Å². The van der Waals surface area contributed by atoms with Gasteiger partial charge in [0.05, 0.1) is 0 Å². The molecular formula is C16H25NO. The maximum absolute atomic E-state index is 11.9. The summed E-state index contributed by atoms with van der Waals surface area (Å²) in [5, 5.41) is 0. The van der Waals surface area contributed by atoms with Gasteiger partial charge in [-0.25, -0.2) is 0 Å². The lowest BCUT2D eigenvalue weighted by Gasteiger charge is -2.54. The third-order valence-electron chi connectivity index (χ3n) is 5.67. The van der Waals surface area contributed by atoms with Crippen molar-refractivity contribution in [3.8, 4) is 0 Å². The van der Waals surface area contributed by atoms with Gasteiger partial charge in [0.2, 0.25) is 0 Å². The summed E-state index contributed by atoms with van der Waals surface area (Å²) in [4.78, 5) is 14.4. The van der Waals surface area contributed by atoms with E-state index in [1.807, 2.05) is 6.08 Å². The Kier molecular flexibility index (Phi) is 2.99. The van der Waals surface area contributed by atoms with Gasteiger partial charge >= 0.3 is 0 Å². The molecule has 6 atom stereocenters. The summed E-state index contributed by atoms with van der Waals surface area (Å²) in [6, 6.07) is 1.16. The predicted molar refractivity (Wildman–Crippen MR) is 73.0 cm³/mol. The normalized spacial score (nSPS) is 47.7. The third-order valence-corrected chi connectivity index (χ3v) is 5.67. The van der Waals surface area contributed by atoms with E-state index in [9.17, 15) is 4.79 Å². The molecule has 2 nitrogen and oxygen atoms in total. The zero-order valence-corrected chi connectivity index (χ0v) is 11.8. The molecule has 0 amide bonds. The summed E-state index contributed by atoms with van der Waals surface area (Å²) >= 11 is 0. The Bertz CT molecular complexity index is 375. The lowest BCUT2D eigenvalue weighted by Crippen LogP contribution is -2.57. The van der Waals surface area contributed by atoms with Crippen molar-refractivity contribution in [3.05, 3.63) is 12.3 Å². The van der Waals surface area contributed by atoms with Crippen molar-refractivity contribution in [2.75, 3.05) is 0 Å². The molecule has 18 heavy (non-hydrogen) atoms. The molecule has 0 spiro atoms. The summed E-state index contributed by atoms with van der Waals surface area (Å²) in [7, 11) is 0.